The maximum Gasteiger partial charge on any atom is 0.325 e. The molecule has 0 bridgehead atoms. The van der Waals surface area contributed by atoms with E-state index in [0.29, 0.717) is 23.7 Å². The Morgan fingerprint density at radius 3 is 2.48 bits per heavy atom. The van der Waals surface area contributed by atoms with E-state index in [-0.39, 0.29) is 17.1 Å². The van der Waals surface area contributed by atoms with E-state index in [0.717, 1.165) is 17.7 Å². The van der Waals surface area contributed by atoms with Crippen LogP contribution in [-0.4, -0.2) is 29.3 Å². The standard InChI is InChI=1S/C21H17ClFN3O3/c22-15-5-3-6-16(23)13(15)11-25-17-7-2-1-4-14(17)21(18(25)27)19(28)26(20(29)24-21)10-12-8-9-12/h1-7,12H,8-11H2,(H,24,29). The lowest BCUT2D eigenvalue weighted by Crippen LogP contribution is -2.52. The lowest BCUT2D eigenvalue weighted by atomic mass is 9.91. The van der Waals surface area contributed by atoms with Gasteiger partial charge in [-0.15, -0.1) is 0 Å². The van der Waals surface area contributed by atoms with E-state index in [4.69, 9.17) is 11.6 Å². The van der Waals surface area contributed by atoms with Crippen LogP contribution in [0.5, 0.6) is 0 Å². The van der Waals surface area contributed by atoms with Crippen LogP contribution < -0.4 is 10.2 Å². The molecule has 1 N–H and O–H groups in total. The van der Waals surface area contributed by atoms with Gasteiger partial charge in [0.05, 0.1) is 12.2 Å². The summed E-state index contributed by atoms with van der Waals surface area (Å²) in [4.78, 5) is 41.8. The highest BCUT2D eigenvalue weighted by Gasteiger charge is 2.64. The van der Waals surface area contributed by atoms with E-state index in [2.05, 4.69) is 5.32 Å². The minimum atomic E-state index is -1.81. The predicted molar refractivity (Wildman–Crippen MR) is 104 cm³/mol. The summed E-state index contributed by atoms with van der Waals surface area (Å²) in [6, 6.07) is 10.5. The van der Waals surface area contributed by atoms with Crippen molar-refractivity contribution in [3.05, 3.63) is 64.4 Å². The molecule has 148 valence electrons. The Kier molecular flexibility index (Phi) is 3.93. The topological polar surface area (TPSA) is 69.7 Å². The molecule has 1 saturated heterocycles. The fourth-order valence-corrected chi connectivity index (χ4v) is 4.30. The SMILES string of the molecule is O=C1NC2(C(=O)N1CC1CC1)C(=O)N(Cc1c(F)cccc1Cl)c1ccccc12. The van der Waals surface area contributed by atoms with E-state index in [1.165, 1.54) is 17.0 Å². The average Bonchev–Trinajstić information content (AvgIpc) is 3.45. The molecule has 1 spiro atoms. The third-order valence-corrected chi connectivity index (χ3v) is 6.14. The molecule has 2 aliphatic heterocycles. The Morgan fingerprint density at radius 2 is 1.76 bits per heavy atom. The molecular weight excluding hydrogens is 397 g/mol. The normalized spacial score (nSPS) is 23.2. The number of hydrogen-bond acceptors (Lipinski definition) is 3. The summed E-state index contributed by atoms with van der Waals surface area (Å²) in [6.45, 7) is 0.163. The Bertz CT molecular complexity index is 1050. The molecule has 0 radical (unpaired) electrons. The van der Waals surface area contributed by atoms with E-state index in [1.807, 2.05) is 0 Å². The minimum absolute atomic E-state index is 0.144. The minimum Gasteiger partial charge on any atom is -0.311 e. The highest BCUT2D eigenvalue weighted by atomic mass is 35.5. The molecule has 2 fully saturated rings. The number of imide groups is 1. The number of carbonyl (C=O) groups excluding carboxylic acids is 3. The lowest BCUT2D eigenvalue weighted by molar-refractivity contribution is -0.138. The molecule has 8 heteroatoms. The zero-order valence-corrected chi connectivity index (χ0v) is 16.1. The zero-order chi connectivity index (χ0) is 20.3. The van der Waals surface area contributed by atoms with Gasteiger partial charge in [0.15, 0.2) is 0 Å². The monoisotopic (exact) mass is 413 g/mol. The molecule has 2 aromatic rings. The maximum absolute atomic E-state index is 14.4. The van der Waals surface area contributed by atoms with Crippen molar-refractivity contribution >= 4 is 35.1 Å². The summed E-state index contributed by atoms with van der Waals surface area (Å²) >= 11 is 6.15. The van der Waals surface area contributed by atoms with Crippen LogP contribution in [0.4, 0.5) is 14.9 Å². The molecule has 6 nitrogen and oxygen atoms in total. The third kappa shape index (κ3) is 2.57. The quantitative estimate of drug-likeness (QED) is 0.618. The number of rotatable bonds is 4. The van der Waals surface area contributed by atoms with E-state index >= 15 is 0 Å². The zero-order valence-electron chi connectivity index (χ0n) is 15.3. The number of urea groups is 1. The highest BCUT2D eigenvalue weighted by Crippen LogP contribution is 2.45. The van der Waals surface area contributed by atoms with Gasteiger partial charge in [0.25, 0.3) is 11.8 Å². The van der Waals surface area contributed by atoms with Gasteiger partial charge < -0.3 is 10.2 Å². The van der Waals surface area contributed by atoms with E-state index < -0.39 is 29.2 Å². The summed E-state index contributed by atoms with van der Waals surface area (Å²) in [5, 5.41) is 2.82. The van der Waals surface area contributed by atoms with Crippen LogP contribution >= 0.6 is 11.6 Å². The van der Waals surface area contributed by atoms with Crippen LogP contribution in [0.2, 0.25) is 5.02 Å². The summed E-state index contributed by atoms with van der Waals surface area (Å²) < 4.78 is 14.4. The number of fused-ring (bicyclic) bond motifs is 2. The number of amides is 4. The fraction of sp³-hybridized carbons (Fsp3) is 0.286. The van der Waals surface area contributed by atoms with Gasteiger partial charge >= 0.3 is 6.03 Å². The summed E-state index contributed by atoms with van der Waals surface area (Å²) in [6.07, 6.45) is 1.93. The fourth-order valence-electron chi connectivity index (χ4n) is 4.08. The largest absolute Gasteiger partial charge is 0.325 e. The van der Waals surface area contributed by atoms with Crippen LogP contribution in [0.1, 0.15) is 24.0 Å². The van der Waals surface area contributed by atoms with E-state index in [1.54, 1.807) is 30.3 Å². The molecule has 29 heavy (non-hydrogen) atoms. The number of benzene rings is 2. The molecule has 0 aromatic heterocycles. The Balaban J connectivity index is 1.58. The Labute approximate surface area is 171 Å². The number of nitrogens with one attached hydrogen (secondary N) is 1. The molecule has 1 aliphatic carbocycles. The van der Waals surface area contributed by atoms with Gasteiger partial charge in [0.1, 0.15) is 5.82 Å². The number of anilines is 1. The predicted octanol–water partition coefficient (Wildman–Crippen LogP) is 3.18. The summed E-state index contributed by atoms with van der Waals surface area (Å²) in [5.74, 6) is -1.43. The second kappa shape index (κ2) is 6.29. The first kappa shape index (κ1) is 18.1. The molecule has 1 unspecified atom stereocenters. The second-order valence-electron chi connectivity index (χ2n) is 7.65. The van der Waals surface area contributed by atoms with Gasteiger partial charge in [-0.2, -0.15) is 0 Å². The first-order valence-corrected chi connectivity index (χ1v) is 9.79. The van der Waals surface area contributed by atoms with Crippen molar-refractivity contribution in [1.29, 1.82) is 0 Å². The van der Waals surface area contributed by atoms with Gasteiger partial charge in [-0.1, -0.05) is 35.9 Å². The van der Waals surface area contributed by atoms with Gasteiger partial charge in [-0.05, 0) is 37.0 Å². The molecule has 5 rings (SSSR count). The second-order valence-corrected chi connectivity index (χ2v) is 8.06. The van der Waals surface area contributed by atoms with Crippen molar-refractivity contribution in [3.63, 3.8) is 0 Å². The van der Waals surface area contributed by atoms with Crippen molar-refractivity contribution in [2.75, 3.05) is 11.4 Å². The van der Waals surface area contributed by atoms with Gasteiger partial charge in [0, 0.05) is 22.7 Å². The maximum atomic E-state index is 14.4. The molecule has 2 heterocycles. The van der Waals surface area contributed by atoms with Gasteiger partial charge in [0.2, 0.25) is 5.54 Å². The molecule has 1 atom stereocenters. The Morgan fingerprint density at radius 1 is 1.03 bits per heavy atom. The van der Waals surface area contributed by atoms with Crippen molar-refractivity contribution in [3.8, 4) is 0 Å². The van der Waals surface area contributed by atoms with Crippen LogP contribution in [0, 0.1) is 11.7 Å². The molecular formula is C21H17ClFN3O3. The smallest absolute Gasteiger partial charge is 0.311 e. The molecule has 4 amide bonds. The van der Waals surface area contributed by atoms with Crippen LogP contribution in [0.25, 0.3) is 0 Å². The Hall–Kier alpha value is -2.93. The number of halogens is 2. The van der Waals surface area contributed by atoms with Crippen molar-refractivity contribution in [1.82, 2.24) is 10.2 Å². The average molecular weight is 414 g/mol. The van der Waals surface area contributed by atoms with Gasteiger partial charge in [-0.3, -0.25) is 14.5 Å². The lowest BCUT2D eigenvalue weighted by Gasteiger charge is -2.22. The van der Waals surface area contributed by atoms with Gasteiger partial charge in [-0.25, -0.2) is 9.18 Å². The van der Waals surface area contributed by atoms with Crippen molar-refractivity contribution < 1.29 is 18.8 Å². The summed E-state index contributed by atoms with van der Waals surface area (Å²) in [5.41, 5.74) is -0.797. The van der Waals surface area contributed by atoms with Crippen molar-refractivity contribution in [2.45, 2.75) is 24.9 Å². The molecule has 2 aromatic carbocycles. The van der Waals surface area contributed by atoms with Crippen LogP contribution in [0.15, 0.2) is 42.5 Å². The highest BCUT2D eigenvalue weighted by molar-refractivity contribution is 6.31. The van der Waals surface area contributed by atoms with Crippen LogP contribution in [-0.2, 0) is 21.7 Å². The number of nitrogens with zero attached hydrogens (tertiary/aromatic N) is 2. The first-order valence-electron chi connectivity index (χ1n) is 9.42. The third-order valence-electron chi connectivity index (χ3n) is 5.79. The summed E-state index contributed by atoms with van der Waals surface area (Å²) in [7, 11) is 0. The number of para-hydroxylation sites is 1. The van der Waals surface area contributed by atoms with Crippen molar-refractivity contribution in [2.24, 2.45) is 5.92 Å². The first-order chi connectivity index (χ1) is 13.9. The van der Waals surface area contributed by atoms with Crippen LogP contribution in [0.3, 0.4) is 0 Å². The number of carbonyl (C=O) groups is 3. The number of hydrogen-bond donors (Lipinski definition) is 1. The van der Waals surface area contributed by atoms with E-state index in [9.17, 15) is 18.8 Å². The molecule has 1 saturated carbocycles. The molecule has 3 aliphatic rings.